The number of fused-ring (bicyclic) bond motifs is 2. The number of aliphatic hydroxyl groups is 1. The molecule has 0 aliphatic heterocycles. The van der Waals surface area contributed by atoms with E-state index in [2.05, 4.69) is 58.1 Å². The number of rotatable bonds is 5. The Hall–Kier alpha value is -3.42. The van der Waals surface area contributed by atoms with Crippen molar-refractivity contribution in [3.63, 3.8) is 0 Å². The Morgan fingerprint density at radius 2 is 1.70 bits per heavy atom. The largest absolute Gasteiger partial charge is 0.393 e. The van der Waals surface area contributed by atoms with Gasteiger partial charge in [-0.2, -0.15) is 0 Å². The van der Waals surface area contributed by atoms with Crippen molar-refractivity contribution in [2.45, 2.75) is 37.8 Å². The number of hydrogen-bond acceptors (Lipinski definition) is 6. The van der Waals surface area contributed by atoms with Gasteiger partial charge in [-0.05, 0) is 78.6 Å². The molecule has 166 valence electrons. The van der Waals surface area contributed by atoms with Gasteiger partial charge in [0.1, 0.15) is 11.6 Å². The number of thiazole rings is 1. The summed E-state index contributed by atoms with van der Waals surface area (Å²) >= 11 is 1.63. The maximum absolute atomic E-state index is 9.72. The Labute approximate surface area is 195 Å². The number of aromatic nitrogens is 3. The first-order chi connectivity index (χ1) is 16.2. The van der Waals surface area contributed by atoms with Gasteiger partial charge in [-0.15, -0.1) is 0 Å². The predicted octanol–water partition coefficient (Wildman–Crippen LogP) is 6.30. The first kappa shape index (κ1) is 20.2. The Bertz CT molecular complexity index is 1420. The fourth-order valence-corrected chi connectivity index (χ4v) is 5.42. The van der Waals surface area contributed by atoms with Crippen LogP contribution in [0.4, 0.5) is 16.8 Å². The molecule has 4 N–H and O–H groups in total. The molecule has 0 unspecified atom stereocenters. The first-order valence-corrected chi connectivity index (χ1v) is 12.2. The topological polar surface area (TPSA) is 85.9 Å². The SMILES string of the molecule is O[C@H]1CC[C@H](Nc2cccc(Nc3nc4ccc(-c5ccc6cc[nH]c6c5)cc4s3)n2)CC1. The Kier molecular flexibility index (Phi) is 5.20. The molecule has 0 saturated heterocycles. The summed E-state index contributed by atoms with van der Waals surface area (Å²) in [6, 6.07) is 21.3. The van der Waals surface area contributed by atoms with Gasteiger partial charge >= 0.3 is 0 Å². The second-order valence-corrected chi connectivity index (χ2v) is 9.69. The molecule has 1 aliphatic carbocycles. The second kappa shape index (κ2) is 8.50. The van der Waals surface area contributed by atoms with Crippen LogP contribution in [-0.4, -0.2) is 32.2 Å². The highest BCUT2D eigenvalue weighted by Crippen LogP contribution is 2.33. The monoisotopic (exact) mass is 455 g/mol. The minimum Gasteiger partial charge on any atom is -0.393 e. The van der Waals surface area contributed by atoms with Crippen molar-refractivity contribution in [2.75, 3.05) is 10.6 Å². The highest BCUT2D eigenvalue weighted by Gasteiger charge is 2.19. The van der Waals surface area contributed by atoms with Crippen LogP contribution in [0, 0.1) is 0 Å². The molecule has 1 saturated carbocycles. The van der Waals surface area contributed by atoms with Crippen LogP contribution in [0.3, 0.4) is 0 Å². The summed E-state index contributed by atoms with van der Waals surface area (Å²) in [5.41, 5.74) is 4.48. The summed E-state index contributed by atoms with van der Waals surface area (Å²) in [7, 11) is 0. The highest BCUT2D eigenvalue weighted by atomic mass is 32.1. The third-order valence-corrected chi connectivity index (χ3v) is 7.24. The van der Waals surface area contributed by atoms with E-state index < -0.39 is 0 Å². The molecule has 0 bridgehead atoms. The van der Waals surface area contributed by atoms with Crippen LogP contribution >= 0.6 is 11.3 Å². The molecule has 0 spiro atoms. The fourth-order valence-electron chi connectivity index (χ4n) is 4.51. The van der Waals surface area contributed by atoms with Gasteiger partial charge in [-0.3, -0.25) is 0 Å². The second-order valence-electron chi connectivity index (χ2n) is 8.66. The Morgan fingerprint density at radius 1 is 0.879 bits per heavy atom. The minimum atomic E-state index is -0.153. The summed E-state index contributed by atoms with van der Waals surface area (Å²) in [4.78, 5) is 12.8. The number of nitrogens with one attached hydrogen (secondary N) is 3. The van der Waals surface area contributed by atoms with Gasteiger partial charge in [-0.25, -0.2) is 9.97 Å². The Morgan fingerprint density at radius 3 is 2.61 bits per heavy atom. The van der Waals surface area contributed by atoms with Crippen LogP contribution < -0.4 is 10.6 Å². The third-order valence-electron chi connectivity index (χ3n) is 6.31. The smallest absolute Gasteiger partial charge is 0.189 e. The molecule has 2 aromatic carbocycles. The fraction of sp³-hybridized carbons (Fsp3) is 0.231. The molecule has 0 atom stereocenters. The van der Waals surface area contributed by atoms with E-state index in [-0.39, 0.29) is 6.10 Å². The van der Waals surface area contributed by atoms with E-state index in [1.165, 1.54) is 16.5 Å². The number of aliphatic hydroxyl groups excluding tert-OH is 1. The van der Waals surface area contributed by atoms with Crippen molar-refractivity contribution in [1.82, 2.24) is 15.0 Å². The number of pyridine rings is 1. The maximum atomic E-state index is 9.72. The van der Waals surface area contributed by atoms with Crippen LogP contribution in [0.1, 0.15) is 25.7 Å². The average molecular weight is 456 g/mol. The molecule has 6 rings (SSSR count). The molecule has 7 heteroatoms. The molecule has 33 heavy (non-hydrogen) atoms. The minimum absolute atomic E-state index is 0.153. The van der Waals surface area contributed by atoms with Crippen LogP contribution in [-0.2, 0) is 0 Å². The van der Waals surface area contributed by atoms with E-state index in [1.807, 2.05) is 24.4 Å². The van der Waals surface area contributed by atoms with Gasteiger partial charge in [-0.1, -0.05) is 35.6 Å². The number of H-pyrrole nitrogens is 1. The lowest BCUT2D eigenvalue weighted by molar-refractivity contribution is 0.126. The summed E-state index contributed by atoms with van der Waals surface area (Å²) in [6.07, 6.45) is 5.45. The average Bonchev–Trinajstić information content (AvgIpc) is 3.46. The summed E-state index contributed by atoms with van der Waals surface area (Å²) in [5, 5.41) is 18.6. The van der Waals surface area contributed by atoms with Crippen molar-refractivity contribution >= 4 is 49.2 Å². The molecule has 0 radical (unpaired) electrons. The number of hydrogen-bond donors (Lipinski definition) is 4. The number of nitrogens with zero attached hydrogens (tertiary/aromatic N) is 2. The van der Waals surface area contributed by atoms with Gasteiger partial charge in [0.2, 0.25) is 0 Å². The van der Waals surface area contributed by atoms with E-state index in [9.17, 15) is 5.11 Å². The predicted molar refractivity (Wildman–Crippen MR) is 136 cm³/mol. The van der Waals surface area contributed by atoms with Crippen molar-refractivity contribution in [3.05, 3.63) is 66.9 Å². The first-order valence-electron chi connectivity index (χ1n) is 11.4. The van der Waals surface area contributed by atoms with E-state index in [4.69, 9.17) is 9.97 Å². The van der Waals surface area contributed by atoms with Crippen LogP contribution in [0.25, 0.3) is 32.2 Å². The maximum Gasteiger partial charge on any atom is 0.189 e. The zero-order valence-electron chi connectivity index (χ0n) is 18.1. The van der Waals surface area contributed by atoms with Gasteiger partial charge in [0.15, 0.2) is 5.13 Å². The van der Waals surface area contributed by atoms with Crippen molar-refractivity contribution in [3.8, 4) is 11.1 Å². The van der Waals surface area contributed by atoms with Crippen LogP contribution in [0.2, 0.25) is 0 Å². The quantitative estimate of drug-likeness (QED) is 0.250. The molecule has 1 aliphatic rings. The van der Waals surface area contributed by atoms with Gasteiger partial charge in [0, 0.05) is 17.8 Å². The van der Waals surface area contributed by atoms with Crippen LogP contribution in [0.5, 0.6) is 0 Å². The molecule has 5 aromatic rings. The molecule has 3 aromatic heterocycles. The standard InChI is InChI=1S/C26H25N5OS/c32-20-9-7-19(8-10-20)28-24-2-1-3-25(30-24)31-26-29-21-11-6-18(15-23(21)33-26)17-5-4-16-12-13-27-22(16)14-17/h1-6,11-15,19-20,27,32H,7-10H2,(H2,28,29,30,31)/t19-,20-. The van der Waals surface area contributed by atoms with Crippen molar-refractivity contribution in [1.29, 1.82) is 0 Å². The lowest BCUT2D eigenvalue weighted by atomic mass is 9.93. The van der Waals surface area contributed by atoms with Gasteiger partial charge < -0.3 is 20.7 Å². The van der Waals surface area contributed by atoms with E-state index >= 15 is 0 Å². The number of aromatic amines is 1. The highest BCUT2D eigenvalue weighted by molar-refractivity contribution is 7.22. The van der Waals surface area contributed by atoms with E-state index in [1.54, 1.807) is 11.3 Å². The molecule has 3 heterocycles. The molecule has 1 fully saturated rings. The van der Waals surface area contributed by atoms with Crippen LogP contribution in [0.15, 0.2) is 66.9 Å². The number of anilines is 3. The summed E-state index contributed by atoms with van der Waals surface area (Å²) < 4.78 is 1.14. The van der Waals surface area contributed by atoms with Crippen molar-refractivity contribution < 1.29 is 5.11 Å². The van der Waals surface area contributed by atoms with Crippen molar-refractivity contribution in [2.24, 2.45) is 0 Å². The van der Waals surface area contributed by atoms with Gasteiger partial charge in [0.25, 0.3) is 0 Å². The lowest BCUT2D eigenvalue weighted by Gasteiger charge is -2.26. The zero-order chi connectivity index (χ0) is 22.2. The normalized spacial score (nSPS) is 18.6. The summed E-state index contributed by atoms with van der Waals surface area (Å²) in [6.45, 7) is 0. The molecular weight excluding hydrogens is 430 g/mol. The summed E-state index contributed by atoms with van der Waals surface area (Å²) in [5.74, 6) is 1.62. The molecule has 0 amide bonds. The van der Waals surface area contributed by atoms with E-state index in [0.29, 0.717) is 6.04 Å². The van der Waals surface area contributed by atoms with E-state index in [0.717, 1.165) is 58.2 Å². The lowest BCUT2D eigenvalue weighted by Crippen LogP contribution is -2.28. The molecular formula is C26H25N5OS. The molecule has 6 nitrogen and oxygen atoms in total. The number of benzene rings is 2. The third kappa shape index (κ3) is 4.29. The van der Waals surface area contributed by atoms with Gasteiger partial charge in [0.05, 0.1) is 16.3 Å². The zero-order valence-corrected chi connectivity index (χ0v) is 18.9. The Balaban J connectivity index is 1.20.